The number of benzene rings is 1. The number of nitrogens with zero attached hydrogens (tertiary/aromatic N) is 5. The Morgan fingerprint density at radius 2 is 1.70 bits per heavy atom. The normalized spacial score (nSPS) is 12.2. The summed E-state index contributed by atoms with van der Waals surface area (Å²) in [6.07, 6.45) is -3.59. The Bertz CT molecular complexity index is 1300. The van der Waals surface area contributed by atoms with Gasteiger partial charge in [-0.25, -0.2) is 8.78 Å². The number of alkyl halides is 3. The predicted molar refractivity (Wildman–Crippen MR) is 133 cm³/mol. The molecule has 0 aliphatic rings. The Morgan fingerprint density at radius 3 is 2.20 bits per heavy atom. The van der Waals surface area contributed by atoms with Gasteiger partial charge >= 0.3 is 18.1 Å². The van der Waals surface area contributed by atoms with Crippen molar-refractivity contribution in [2.24, 2.45) is 0 Å². The first-order valence-corrected chi connectivity index (χ1v) is 11.9. The highest BCUT2D eigenvalue weighted by Crippen LogP contribution is 2.39. The monoisotopic (exact) mass is 596 g/mol. The minimum absolute atomic E-state index is 0.0633. The summed E-state index contributed by atoms with van der Waals surface area (Å²) in [5.41, 5.74) is -1.09. The van der Waals surface area contributed by atoms with E-state index in [0.717, 1.165) is 29.9 Å². The molecule has 0 saturated heterocycles. The Kier molecular flexibility index (Phi) is 11.4. The summed E-state index contributed by atoms with van der Waals surface area (Å²) >= 11 is 6.13. The quantitative estimate of drug-likeness (QED) is 0.166. The molecule has 0 spiro atoms. The minimum atomic E-state index is -4.65. The lowest BCUT2D eigenvalue weighted by molar-refractivity contribution is -0.143. The number of rotatable bonds is 11. The van der Waals surface area contributed by atoms with Crippen LogP contribution in [0.25, 0.3) is 16.9 Å². The van der Waals surface area contributed by atoms with Crippen LogP contribution in [0.1, 0.15) is 26.2 Å². The molecule has 0 bridgehead atoms. The second-order valence-electron chi connectivity index (χ2n) is 8.56. The fourth-order valence-corrected chi connectivity index (χ4v) is 3.37. The molecule has 0 amide bonds. The number of nitrogens with one attached hydrogen (secondary N) is 1. The van der Waals surface area contributed by atoms with E-state index in [1.165, 1.54) is 0 Å². The number of hydrogen-bond acceptors (Lipinski definition) is 8. The first kappa shape index (κ1) is 32.4. The number of carboxylic acid groups (broad SMARTS) is 2. The molecule has 40 heavy (non-hydrogen) atoms. The van der Waals surface area contributed by atoms with Gasteiger partial charge in [-0.2, -0.15) is 32.8 Å². The highest BCUT2D eigenvalue weighted by Gasteiger charge is 2.37. The van der Waals surface area contributed by atoms with E-state index in [2.05, 4.69) is 20.4 Å². The van der Waals surface area contributed by atoms with E-state index >= 15 is 0 Å². The third-order valence-electron chi connectivity index (χ3n) is 5.06. The molecular weight excluding hydrogens is 571 g/mol. The van der Waals surface area contributed by atoms with Gasteiger partial charge in [0.15, 0.2) is 0 Å². The van der Waals surface area contributed by atoms with Gasteiger partial charge in [-0.15, -0.1) is 0 Å². The van der Waals surface area contributed by atoms with Crippen LogP contribution in [0.3, 0.4) is 0 Å². The second kappa shape index (κ2) is 14.0. The first-order valence-electron chi connectivity index (χ1n) is 11.5. The fraction of sp³-hybridized carbons (Fsp3) is 0.435. The third-order valence-corrected chi connectivity index (χ3v) is 5.34. The summed E-state index contributed by atoms with van der Waals surface area (Å²) in [5, 5.41) is 21.3. The van der Waals surface area contributed by atoms with Crippen LogP contribution in [0.2, 0.25) is 5.15 Å². The van der Waals surface area contributed by atoms with Crippen LogP contribution in [-0.4, -0.2) is 86.1 Å². The number of halogens is 6. The maximum absolute atomic E-state index is 15.0. The van der Waals surface area contributed by atoms with E-state index < -0.39 is 57.9 Å². The third kappa shape index (κ3) is 9.15. The van der Waals surface area contributed by atoms with Crippen LogP contribution in [0.15, 0.2) is 18.5 Å². The molecule has 0 fully saturated rings. The smallest absolute Gasteiger partial charge is 0.408 e. The van der Waals surface area contributed by atoms with Crippen molar-refractivity contribution in [2.45, 2.75) is 38.4 Å². The van der Waals surface area contributed by atoms with Crippen LogP contribution in [0, 0.1) is 11.6 Å². The SMILES string of the molecule is C[C@H](Nc1c(-c2c(F)cc(OCCCN(C)C)cc2F)c(Cl)nc2ncnn12)C(F)(F)F.O=C(O)CCC(=O)O. The Labute approximate surface area is 229 Å². The van der Waals surface area contributed by atoms with Crippen molar-refractivity contribution in [1.82, 2.24) is 24.5 Å². The van der Waals surface area contributed by atoms with Gasteiger partial charge in [0.05, 0.1) is 30.6 Å². The molecule has 0 aliphatic heterocycles. The number of aromatic nitrogens is 4. The number of carboxylic acids is 2. The summed E-state index contributed by atoms with van der Waals surface area (Å²) in [6.45, 7) is 1.78. The zero-order valence-electron chi connectivity index (χ0n) is 21.5. The number of hydrogen-bond donors (Lipinski definition) is 3. The number of aliphatic carboxylic acids is 2. The maximum atomic E-state index is 15.0. The van der Waals surface area contributed by atoms with Crippen LogP contribution in [0.4, 0.5) is 27.8 Å². The molecule has 2 aromatic heterocycles. The molecule has 11 nitrogen and oxygen atoms in total. The zero-order valence-corrected chi connectivity index (χ0v) is 22.2. The van der Waals surface area contributed by atoms with E-state index in [0.29, 0.717) is 13.0 Å². The lowest BCUT2D eigenvalue weighted by atomic mass is 10.1. The van der Waals surface area contributed by atoms with Gasteiger partial charge in [-0.1, -0.05) is 11.6 Å². The maximum Gasteiger partial charge on any atom is 0.408 e. The Hall–Kier alpha value is -3.79. The standard InChI is InChI=1S/C19H20ClF5N6O.C4H6O4/c1-10(19(23,24)25)28-17-15(16(20)29-18-26-9-27-31(17)18)14-12(21)7-11(8-13(14)22)32-6-4-5-30(2)3;5-3(6)1-2-4(7)8/h7-10,28H,4-6H2,1-3H3;1-2H2,(H,5,6)(H,7,8)/t10-;/m0./s1. The zero-order chi connectivity index (χ0) is 30.2. The predicted octanol–water partition coefficient (Wildman–Crippen LogP) is 4.35. The molecule has 3 aromatic rings. The van der Waals surface area contributed by atoms with Crippen molar-refractivity contribution in [3.63, 3.8) is 0 Å². The van der Waals surface area contributed by atoms with E-state index in [4.69, 9.17) is 26.6 Å². The van der Waals surface area contributed by atoms with Gasteiger partial charge in [0, 0.05) is 18.7 Å². The van der Waals surface area contributed by atoms with Crippen molar-refractivity contribution in [3.8, 4) is 16.9 Å². The molecule has 17 heteroatoms. The molecule has 2 heterocycles. The average Bonchev–Trinajstić information content (AvgIpc) is 3.29. The molecule has 0 saturated carbocycles. The molecule has 220 valence electrons. The van der Waals surface area contributed by atoms with E-state index in [9.17, 15) is 31.5 Å². The number of ether oxygens (including phenoxy) is 1. The molecule has 0 radical (unpaired) electrons. The van der Waals surface area contributed by atoms with E-state index in [1.54, 1.807) is 0 Å². The van der Waals surface area contributed by atoms with Gasteiger partial charge in [-0.3, -0.25) is 9.59 Å². The Balaban J connectivity index is 0.000000611. The molecule has 0 aliphatic carbocycles. The van der Waals surface area contributed by atoms with Gasteiger partial charge in [0.2, 0.25) is 0 Å². The summed E-state index contributed by atoms with van der Waals surface area (Å²) < 4.78 is 75.8. The second-order valence-corrected chi connectivity index (χ2v) is 8.92. The fourth-order valence-electron chi connectivity index (χ4n) is 3.12. The van der Waals surface area contributed by atoms with E-state index in [1.807, 2.05) is 19.0 Å². The first-order chi connectivity index (χ1) is 18.6. The van der Waals surface area contributed by atoms with Crippen LogP contribution in [-0.2, 0) is 9.59 Å². The summed E-state index contributed by atoms with van der Waals surface area (Å²) in [7, 11) is 3.76. The summed E-state index contributed by atoms with van der Waals surface area (Å²) in [4.78, 5) is 28.9. The molecule has 3 N–H and O–H groups in total. The minimum Gasteiger partial charge on any atom is -0.493 e. The number of fused-ring (bicyclic) bond motifs is 1. The molecule has 0 unspecified atom stereocenters. The molecule has 3 rings (SSSR count). The van der Waals surface area contributed by atoms with E-state index in [-0.39, 0.29) is 31.0 Å². The number of carbonyl (C=O) groups is 2. The molecule has 1 atom stereocenters. The summed E-state index contributed by atoms with van der Waals surface area (Å²) in [6, 6.07) is -0.211. The van der Waals surface area contributed by atoms with Crippen LogP contribution in [0.5, 0.6) is 5.75 Å². The van der Waals surface area contributed by atoms with Crippen molar-refractivity contribution in [1.29, 1.82) is 0 Å². The average molecular weight is 597 g/mol. The van der Waals surface area contributed by atoms with Crippen molar-refractivity contribution in [2.75, 3.05) is 32.6 Å². The van der Waals surface area contributed by atoms with Crippen molar-refractivity contribution in [3.05, 3.63) is 35.2 Å². The Morgan fingerprint density at radius 1 is 1.12 bits per heavy atom. The van der Waals surface area contributed by atoms with Gasteiger partial charge in [0.25, 0.3) is 5.78 Å². The van der Waals surface area contributed by atoms with Crippen LogP contribution >= 0.6 is 11.6 Å². The number of anilines is 1. The lowest BCUT2D eigenvalue weighted by Gasteiger charge is -2.21. The van der Waals surface area contributed by atoms with Crippen LogP contribution < -0.4 is 10.1 Å². The molecular formula is C23H26ClF5N6O5. The van der Waals surface area contributed by atoms with Gasteiger partial charge in [-0.05, 0) is 27.4 Å². The van der Waals surface area contributed by atoms with Gasteiger partial charge < -0.3 is 25.2 Å². The summed E-state index contributed by atoms with van der Waals surface area (Å²) in [5.74, 6) is -4.93. The topological polar surface area (TPSA) is 142 Å². The largest absolute Gasteiger partial charge is 0.493 e. The van der Waals surface area contributed by atoms with Crippen molar-refractivity contribution < 1.29 is 46.5 Å². The van der Waals surface area contributed by atoms with Crippen molar-refractivity contribution >= 4 is 35.1 Å². The lowest BCUT2D eigenvalue weighted by Crippen LogP contribution is -2.34. The highest BCUT2D eigenvalue weighted by molar-refractivity contribution is 6.33. The highest BCUT2D eigenvalue weighted by atomic mass is 35.5. The van der Waals surface area contributed by atoms with Gasteiger partial charge in [0.1, 0.15) is 40.7 Å². The molecule has 1 aromatic carbocycles.